The van der Waals surface area contributed by atoms with Gasteiger partial charge in [0.25, 0.3) is 0 Å². The van der Waals surface area contributed by atoms with Gasteiger partial charge in [-0.1, -0.05) is 44.2 Å². The van der Waals surface area contributed by atoms with Crippen LogP contribution in [-0.4, -0.2) is 13.4 Å². The van der Waals surface area contributed by atoms with E-state index in [0.29, 0.717) is 0 Å². The predicted octanol–water partition coefficient (Wildman–Crippen LogP) is 6.21. The number of hydrogen-bond donors (Lipinski definition) is 0. The van der Waals surface area contributed by atoms with E-state index in [4.69, 9.17) is 4.74 Å². The third kappa shape index (κ3) is 7.90. The highest BCUT2D eigenvalue weighted by molar-refractivity contribution is 5.72. The van der Waals surface area contributed by atoms with E-state index < -0.39 is 0 Å². The van der Waals surface area contributed by atoms with E-state index in [9.17, 15) is 4.79 Å². The maximum atomic E-state index is 11.2. The van der Waals surface area contributed by atoms with Crippen molar-refractivity contribution in [2.45, 2.75) is 83.5 Å². The lowest BCUT2D eigenvalue weighted by molar-refractivity contribution is -0.105. The van der Waals surface area contributed by atoms with Crippen LogP contribution in [0.4, 0.5) is 0 Å². The van der Waals surface area contributed by atoms with Gasteiger partial charge in [0.2, 0.25) is 0 Å². The second kappa shape index (κ2) is 11.9. The standard InChI is InChI=1S/C23H34O2/c1-25-23-17-21-14-10-5-3-2-4-8-12-20(19-24)13-9-6-7-11-15-22(16-21)18-23/h12,16-19H,2-11,13-15H2,1H3/b20-12+. The molecule has 25 heavy (non-hydrogen) atoms. The molecule has 138 valence electrons. The third-order valence-corrected chi connectivity index (χ3v) is 5.17. The average molecular weight is 343 g/mol. The molecule has 1 aliphatic carbocycles. The molecule has 0 heterocycles. The zero-order valence-electron chi connectivity index (χ0n) is 15.9. The number of hydrogen-bond acceptors (Lipinski definition) is 2. The summed E-state index contributed by atoms with van der Waals surface area (Å²) in [5.74, 6) is 1.00. The number of methoxy groups -OCH3 is 1. The van der Waals surface area contributed by atoms with E-state index in [1.165, 1.54) is 62.5 Å². The molecule has 2 bridgehead atoms. The number of fused-ring (bicyclic) bond motifs is 2. The molecule has 0 fully saturated rings. The number of aldehydes is 1. The molecule has 0 aliphatic heterocycles. The summed E-state index contributed by atoms with van der Waals surface area (Å²) in [5.41, 5.74) is 3.84. The lowest BCUT2D eigenvalue weighted by atomic mass is 9.98. The highest BCUT2D eigenvalue weighted by atomic mass is 16.5. The molecule has 2 heteroatoms. The van der Waals surface area contributed by atoms with E-state index in [1.54, 1.807) is 7.11 Å². The first-order valence-electron chi connectivity index (χ1n) is 10.1. The van der Waals surface area contributed by atoms with Crippen LogP contribution in [0, 0.1) is 0 Å². The summed E-state index contributed by atoms with van der Waals surface area (Å²) >= 11 is 0. The van der Waals surface area contributed by atoms with Crippen LogP contribution in [0.2, 0.25) is 0 Å². The van der Waals surface area contributed by atoms with E-state index in [0.717, 1.165) is 49.7 Å². The highest BCUT2D eigenvalue weighted by Gasteiger charge is 2.04. The number of aryl methyl sites for hydroxylation is 2. The second-order valence-electron chi connectivity index (χ2n) is 7.31. The number of benzene rings is 1. The van der Waals surface area contributed by atoms with Crippen LogP contribution in [0.25, 0.3) is 0 Å². The van der Waals surface area contributed by atoms with Crippen LogP contribution < -0.4 is 4.74 Å². The smallest absolute Gasteiger partial charge is 0.145 e. The molecular weight excluding hydrogens is 308 g/mol. The Morgan fingerprint density at radius 1 is 0.760 bits per heavy atom. The molecule has 0 saturated carbocycles. The molecule has 2 rings (SSSR count). The molecule has 0 unspecified atom stereocenters. The lowest BCUT2D eigenvalue weighted by Crippen LogP contribution is -1.95. The molecule has 1 aliphatic rings. The van der Waals surface area contributed by atoms with Crippen molar-refractivity contribution in [3.8, 4) is 5.75 Å². The van der Waals surface area contributed by atoms with E-state index in [2.05, 4.69) is 24.3 Å². The molecule has 0 N–H and O–H groups in total. The second-order valence-corrected chi connectivity index (χ2v) is 7.31. The van der Waals surface area contributed by atoms with Gasteiger partial charge < -0.3 is 4.74 Å². The Morgan fingerprint density at radius 2 is 1.32 bits per heavy atom. The molecule has 0 aromatic heterocycles. The summed E-state index contributed by atoms with van der Waals surface area (Å²) in [5, 5.41) is 0. The van der Waals surface area contributed by atoms with Crippen molar-refractivity contribution < 1.29 is 9.53 Å². The molecule has 0 saturated heterocycles. The highest BCUT2D eigenvalue weighted by Crippen LogP contribution is 2.21. The topological polar surface area (TPSA) is 26.3 Å². The minimum absolute atomic E-state index is 0.951. The zero-order valence-corrected chi connectivity index (χ0v) is 15.9. The summed E-state index contributed by atoms with van der Waals surface area (Å²) in [6.07, 6.45) is 18.6. The molecule has 0 amide bonds. The molecular formula is C23H34O2. The summed E-state index contributed by atoms with van der Waals surface area (Å²) < 4.78 is 5.49. The van der Waals surface area contributed by atoms with Gasteiger partial charge in [-0.2, -0.15) is 0 Å². The number of rotatable bonds is 2. The van der Waals surface area contributed by atoms with Crippen molar-refractivity contribution in [3.63, 3.8) is 0 Å². The monoisotopic (exact) mass is 342 g/mol. The van der Waals surface area contributed by atoms with Gasteiger partial charge in [0.1, 0.15) is 12.0 Å². The van der Waals surface area contributed by atoms with Crippen molar-refractivity contribution in [2.24, 2.45) is 0 Å². The van der Waals surface area contributed by atoms with E-state index in [1.807, 2.05) is 0 Å². The maximum Gasteiger partial charge on any atom is 0.145 e. The Labute approximate surface area is 153 Å². The van der Waals surface area contributed by atoms with Gasteiger partial charge in [-0.05, 0) is 80.2 Å². The zero-order chi connectivity index (χ0) is 17.7. The van der Waals surface area contributed by atoms with Crippen molar-refractivity contribution in [1.29, 1.82) is 0 Å². The van der Waals surface area contributed by atoms with Crippen LogP contribution in [0.15, 0.2) is 29.8 Å². The molecule has 0 atom stereocenters. The van der Waals surface area contributed by atoms with Crippen molar-refractivity contribution in [2.75, 3.05) is 7.11 Å². The first-order chi connectivity index (χ1) is 12.3. The Balaban J connectivity index is 1.95. The van der Waals surface area contributed by atoms with Crippen LogP contribution in [0.5, 0.6) is 5.75 Å². The Hall–Kier alpha value is -1.57. The quantitative estimate of drug-likeness (QED) is 0.597. The molecule has 0 radical (unpaired) electrons. The third-order valence-electron chi connectivity index (χ3n) is 5.17. The number of ether oxygens (including phenoxy) is 1. The van der Waals surface area contributed by atoms with Gasteiger partial charge in [-0.15, -0.1) is 0 Å². The van der Waals surface area contributed by atoms with E-state index >= 15 is 0 Å². The normalized spacial score (nSPS) is 20.6. The largest absolute Gasteiger partial charge is 0.497 e. The Kier molecular flexibility index (Phi) is 9.40. The number of carbonyl (C=O) groups excluding carboxylic acids is 1. The minimum atomic E-state index is 0.951. The number of allylic oxidation sites excluding steroid dienone is 2. The van der Waals surface area contributed by atoms with Gasteiger partial charge in [-0.3, -0.25) is 4.79 Å². The average Bonchev–Trinajstić information content (AvgIpc) is 2.64. The maximum absolute atomic E-state index is 11.2. The van der Waals surface area contributed by atoms with Crippen molar-refractivity contribution in [1.82, 2.24) is 0 Å². The van der Waals surface area contributed by atoms with Crippen LogP contribution in [0.1, 0.15) is 81.8 Å². The fourth-order valence-corrected chi connectivity index (χ4v) is 3.65. The van der Waals surface area contributed by atoms with Crippen LogP contribution in [0.3, 0.4) is 0 Å². The van der Waals surface area contributed by atoms with Gasteiger partial charge in [-0.25, -0.2) is 0 Å². The summed E-state index contributed by atoms with van der Waals surface area (Å²) in [6, 6.07) is 6.77. The van der Waals surface area contributed by atoms with Crippen molar-refractivity contribution >= 4 is 6.29 Å². The van der Waals surface area contributed by atoms with Gasteiger partial charge in [0, 0.05) is 0 Å². The van der Waals surface area contributed by atoms with Crippen molar-refractivity contribution in [3.05, 3.63) is 41.0 Å². The van der Waals surface area contributed by atoms with Gasteiger partial charge >= 0.3 is 0 Å². The Morgan fingerprint density at radius 3 is 1.92 bits per heavy atom. The van der Waals surface area contributed by atoms with Gasteiger partial charge in [0.15, 0.2) is 0 Å². The molecule has 1 aromatic rings. The summed E-state index contributed by atoms with van der Waals surface area (Å²) in [4.78, 5) is 11.2. The van der Waals surface area contributed by atoms with E-state index in [-0.39, 0.29) is 0 Å². The minimum Gasteiger partial charge on any atom is -0.497 e. The SMILES string of the molecule is COc1cc2cc(c1)CCCCCC/C(C=O)=C\CCCCCCC2. The summed E-state index contributed by atoms with van der Waals surface area (Å²) in [6.45, 7) is 0. The molecule has 1 aromatic carbocycles. The molecule has 2 nitrogen and oxygen atoms in total. The number of carbonyl (C=O) groups is 1. The fraction of sp³-hybridized carbons (Fsp3) is 0.609. The fourth-order valence-electron chi connectivity index (χ4n) is 3.65. The van der Waals surface area contributed by atoms with Crippen LogP contribution >= 0.6 is 0 Å². The van der Waals surface area contributed by atoms with Gasteiger partial charge in [0.05, 0.1) is 7.11 Å². The summed E-state index contributed by atoms with van der Waals surface area (Å²) in [7, 11) is 1.76. The molecule has 0 spiro atoms. The first kappa shape index (κ1) is 19.8. The lowest BCUT2D eigenvalue weighted by Gasteiger charge is -2.10. The predicted molar refractivity (Wildman–Crippen MR) is 105 cm³/mol. The first-order valence-corrected chi connectivity index (χ1v) is 10.1. The Bertz CT molecular complexity index is 545. The van der Waals surface area contributed by atoms with Crippen LogP contribution in [-0.2, 0) is 17.6 Å².